The highest BCUT2D eigenvalue weighted by molar-refractivity contribution is 5.78. The van der Waals surface area contributed by atoms with E-state index >= 15 is 0 Å². The third-order valence-electron chi connectivity index (χ3n) is 2.78. The Bertz CT molecular complexity index is 780. The van der Waals surface area contributed by atoms with Crippen LogP contribution < -0.4 is 0 Å². The Morgan fingerprint density at radius 1 is 1.00 bits per heavy atom. The van der Waals surface area contributed by atoms with Crippen LogP contribution in [-0.2, 0) is 6.18 Å². The highest BCUT2D eigenvalue weighted by Crippen LogP contribution is 2.33. The lowest BCUT2D eigenvalue weighted by Gasteiger charge is -2.05. The molecule has 7 heteroatoms. The van der Waals surface area contributed by atoms with Gasteiger partial charge in [-0.3, -0.25) is 0 Å². The fourth-order valence-electron chi connectivity index (χ4n) is 1.90. The average molecular weight is 279 g/mol. The first-order valence-electron chi connectivity index (χ1n) is 5.68. The molecule has 102 valence electrons. The molecule has 0 unspecified atom stereocenters. The molecule has 0 saturated heterocycles. The Balaban J connectivity index is 2.21. The number of halogens is 3. The molecule has 1 N–H and O–H groups in total. The average Bonchev–Trinajstić information content (AvgIpc) is 2.81. The Kier molecular flexibility index (Phi) is 2.63. The minimum atomic E-state index is -4.49. The number of benzene rings is 2. The Morgan fingerprint density at radius 2 is 1.75 bits per heavy atom. The number of phenolic OH excluding ortho intramolecular Hbond substituents is 1. The van der Waals surface area contributed by atoms with E-state index in [2.05, 4.69) is 10.2 Å². The van der Waals surface area contributed by atoms with Crippen LogP contribution in [0.1, 0.15) is 5.56 Å². The van der Waals surface area contributed by atoms with Gasteiger partial charge in [0.15, 0.2) is 0 Å². The maximum atomic E-state index is 12.9. The third kappa shape index (κ3) is 2.07. The van der Waals surface area contributed by atoms with E-state index in [4.69, 9.17) is 0 Å². The number of nitrogens with zero attached hydrogens (tertiary/aromatic N) is 3. The Labute approximate surface area is 111 Å². The molecule has 0 saturated carbocycles. The standard InChI is InChI=1S/C13H8F3N3O/c14-13(15,16)10-5-2-6-11-12(10)18-19(17-11)8-3-1-4-9(20)7-8/h1-7,20H. The lowest BCUT2D eigenvalue weighted by Crippen LogP contribution is -2.06. The molecule has 0 aliphatic carbocycles. The van der Waals surface area contributed by atoms with Crippen LogP contribution in [0.3, 0.4) is 0 Å². The number of rotatable bonds is 1. The largest absolute Gasteiger partial charge is 0.508 e. The number of hydrogen-bond acceptors (Lipinski definition) is 3. The van der Waals surface area contributed by atoms with E-state index < -0.39 is 11.7 Å². The first-order chi connectivity index (χ1) is 9.45. The van der Waals surface area contributed by atoms with Crippen LogP contribution in [-0.4, -0.2) is 20.1 Å². The van der Waals surface area contributed by atoms with Gasteiger partial charge in [0.1, 0.15) is 16.8 Å². The summed E-state index contributed by atoms with van der Waals surface area (Å²) in [4.78, 5) is 1.07. The van der Waals surface area contributed by atoms with Gasteiger partial charge >= 0.3 is 6.18 Å². The summed E-state index contributed by atoms with van der Waals surface area (Å²) < 4.78 is 38.6. The molecule has 2 aromatic carbocycles. The third-order valence-corrected chi connectivity index (χ3v) is 2.78. The van der Waals surface area contributed by atoms with E-state index in [0.29, 0.717) is 5.69 Å². The summed E-state index contributed by atoms with van der Waals surface area (Å²) in [6.45, 7) is 0. The van der Waals surface area contributed by atoms with Gasteiger partial charge in [0.2, 0.25) is 0 Å². The number of alkyl halides is 3. The van der Waals surface area contributed by atoms with Gasteiger partial charge in [-0.2, -0.15) is 18.0 Å². The SMILES string of the molecule is Oc1cccc(-n2nc3cccc(C(F)(F)F)c3n2)c1. The van der Waals surface area contributed by atoms with Gasteiger partial charge in [0.05, 0.1) is 11.3 Å². The van der Waals surface area contributed by atoms with E-state index in [1.54, 1.807) is 12.1 Å². The molecule has 1 aromatic heterocycles. The van der Waals surface area contributed by atoms with Gasteiger partial charge in [0.25, 0.3) is 0 Å². The predicted molar refractivity (Wildman–Crippen MR) is 65.5 cm³/mol. The van der Waals surface area contributed by atoms with Crippen molar-refractivity contribution in [2.75, 3.05) is 0 Å². The summed E-state index contributed by atoms with van der Waals surface area (Å²) in [5, 5.41) is 17.2. The van der Waals surface area contributed by atoms with Crippen molar-refractivity contribution in [1.82, 2.24) is 15.0 Å². The van der Waals surface area contributed by atoms with Crippen LogP contribution in [0, 0.1) is 0 Å². The molecule has 0 aliphatic rings. The fourth-order valence-corrected chi connectivity index (χ4v) is 1.90. The molecule has 0 spiro atoms. The van der Waals surface area contributed by atoms with E-state index in [1.807, 2.05) is 0 Å². The number of phenols is 1. The molecule has 0 amide bonds. The highest BCUT2D eigenvalue weighted by atomic mass is 19.4. The van der Waals surface area contributed by atoms with E-state index in [-0.39, 0.29) is 16.8 Å². The molecule has 0 bridgehead atoms. The van der Waals surface area contributed by atoms with Gasteiger partial charge in [-0.25, -0.2) is 0 Å². The van der Waals surface area contributed by atoms with Gasteiger partial charge in [0, 0.05) is 6.07 Å². The predicted octanol–water partition coefficient (Wildman–Crippen LogP) is 3.14. The molecule has 3 aromatic rings. The highest BCUT2D eigenvalue weighted by Gasteiger charge is 2.34. The minimum Gasteiger partial charge on any atom is -0.508 e. The lowest BCUT2D eigenvalue weighted by molar-refractivity contribution is -0.136. The summed E-state index contributed by atoms with van der Waals surface area (Å²) >= 11 is 0. The topological polar surface area (TPSA) is 50.9 Å². The van der Waals surface area contributed by atoms with E-state index in [1.165, 1.54) is 24.3 Å². The summed E-state index contributed by atoms with van der Waals surface area (Å²) in [7, 11) is 0. The quantitative estimate of drug-likeness (QED) is 0.744. The van der Waals surface area contributed by atoms with Crippen LogP contribution in [0.15, 0.2) is 42.5 Å². The molecule has 4 nitrogen and oxygen atoms in total. The summed E-state index contributed by atoms with van der Waals surface area (Å²) in [5.41, 5.74) is -0.526. The van der Waals surface area contributed by atoms with Gasteiger partial charge in [-0.15, -0.1) is 10.2 Å². The number of hydrogen-bond donors (Lipinski definition) is 1. The maximum Gasteiger partial charge on any atom is 0.418 e. The van der Waals surface area contributed by atoms with Crippen molar-refractivity contribution >= 4 is 11.0 Å². The van der Waals surface area contributed by atoms with Crippen molar-refractivity contribution in [3.63, 3.8) is 0 Å². The molecular formula is C13H8F3N3O. The second kappa shape index (κ2) is 4.22. The zero-order chi connectivity index (χ0) is 14.3. The summed E-state index contributed by atoms with van der Waals surface area (Å²) in [6, 6.07) is 9.67. The molecule has 0 fully saturated rings. The number of fused-ring (bicyclic) bond motifs is 1. The normalized spacial score (nSPS) is 11.9. The van der Waals surface area contributed by atoms with Crippen molar-refractivity contribution in [3.8, 4) is 11.4 Å². The van der Waals surface area contributed by atoms with Crippen LogP contribution in [0.25, 0.3) is 16.7 Å². The van der Waals surface area contributed by atoms with Crippen molar-refractivity contribution in [3.05, 3.63) is 48.0 Å². The maximum absolute atomic E-state index is 12.9. The molecule has 3 rings (SSSR count). The molecule has 0 aliphatic heterocycles. The Morgan fingerprint density at radius 3 is 2.45 bits per heavy atom. The van der Waals surface area contributed by atoms with Crippen molar-refractivity contribution in [2.45, 2.75) is 6.18 Å². The van der Waals surface area contributed by atoms with Gasteiger partial charge in [-0.05, 0) is 24.3 Å². The van der Waals surface area contributed by atoms with Crippen LogP contribution in [0.4, 0.5) is 13.2 Å². The Hall–Kier alpha value is -2.57. The number of aromatic hydroxyl groups is 1. The van der Waals surface area contributed by atoms with Crippen LogP contribution >= 0.6 is 0 Å². The first kappa shape index (κ1) is 12.5. The van der Waals surface area contributed by atoms with E-state index in [0.717, 1.165) is 10.9 Å². The van der Waals surface area contributed by atoms with Gasteiger partial charge in [-0.1, -0.05) is 12.1 Å². The summed E-state index contributed by atoms with van der Waals surface area (Å²) in [5.74, 6) is -0.0140. The minimum absolute atomic E-state index is 0.0140. The van der Waals surface area contributed by atoms with E-state index in [9.17, 15) is 18.3 Å². The van der Waals surface area contributed by atoms with Crippen LogP contribution in [0.2, 0.25) is 0 Å². The zero-order valence-electron chi connectivity index (χ0n) is 9.96. The molecular weight excluding hydrogens is 271 g/mol. The van der Waals surface area contributed by atoms with Crippen molar-refractivity contribution in [1.29, 1.82) is 0 Å². The van der Waals surface area contributed by atoms with Crippen molar-refractivity contribution in [2.24, 2.45) is 0 Å². The zero-order valence-corrected chi connectivity index (χ0v) is 9.96. The number of aromatic nitrogens is 3. The first-order valence-corrected chi connectivity index (χ1v) is 5.68. The smallest absolute Gasteiger partial charge is 0.418 e. The second-order valence-electron chi connectivity index (χ2n) is 4.18. The lowest BCUT2D eigenvalue weighted by atomic mass is 10.2. The van der Waals surface area contributed by atoms with Gasteiger partial charge < -0.3 is 5.11 Å². The summed E-state index contributed by atoms with van der Waals surface area (Å²) in [6.07, 6.45) is -4.49. The van der Waals surface area contributed by atoms with Crippen LogP contribution in [0.5, 0.6) is 5.75 Å². The molecule has 1 heterocycles. The fraction of sp³-hybridized carbons (Fsp3) is 0.0769. The second-order valence-corrected chi connectivity index (χ2v) is 4.18. The molecule has 0 atom stereocenters. The molecule has 0 radical (unpaired) electrons. The van der Waals surface area contributed by atoms with Crippen molar-refractivity contribution < 1.29 is 18.3 Å². The monoisotopic (exact) mass is 279 g/mol. The molecule has 20 heavy (non-hydrogen) atoms.